The summed E-state index contributed by atoms with van der Waals surface area (Å²) in [6.07, 6.45) is 8.14. The number of rotatable bonds is 2. The molecule has 0 fully saturated rings. The van der Waals surface area contributed by atoms with E-state index in [0.29, 0.717) is 11.7 Å². The van der Waals surface area contributed by atoms with Crippen LogP contribution in [0.15, 0.2) is 47.3 Å². The van der Waals surface area contributed by atoms with Gasteiger partial charge >= 0.3 is 0 Å². The van der Waals surface area contributed by atoms with Crippen LogP contribution in [0, 0.1) is 0 Å². The lowest BCUT2D eigenvalue weighted by Crippen LogP contribution is -2.14. The van der Waals surface area contributed by atoms with Crippen molar-refractivity contribution in [3.8, 4) is 11.4 Å². The van der Waals surface area contributed by atoms with E-state index in [1.807, 2.05) is 30.4 Å². The molecule has 21 heavy (non-hydrogen) atoms. The van der Waals surface area contributed by atoms with Crippen LogP contribution in [0.4, 0.5) is 0 Å². The lowest BCUT2D eigenvalue weighted by Gasteiger charge is -2.02. The average molecular weight is 279 g/mol. The fraction of sp³-hybridized carbons (Fsp3) is 0.200. The van der Waals surface area contributed by atoms with Crippen LogP contribution in [0.2, 0.25) is 0 Å². The minimum atomic E-state index is 0.0706. The summed E-state index contributed by atoms with van der Waals surface area (Å²) in [7, 11) is 0. The molecule has 2 atom stereocenters. The molecule has 0 bridgehead atoms. The number of hydrogen-bond donors (Lipinski definition) is 1. The minimum Gasteiger partial charge on any atom is -0.338 e. The predicted octanol–water partition coefficient (Wildman–Crippen LogP) is 2.05. The first-order chi connectivity index (χ1) is 10.3. The Morgan fingerprint density at radius 2 is 1.95 bits per heavy atom. The Balaban J connectivity index is 1.69. The van der Waals surface area contributed by atoms with Crippen LogP contribution in [0.1, 0.15) is 18.2 Å². The maximum atomic E-state index is 5.85. The molecule has 0 amide bonds. The molecule has 2 heterocycles. The molecule has 6 nitrogen and oxygen atoms in total. The first kappa shape index (κ1) is 12.2. The van der Waals surface area contributed by atoms with E-state index >= 15 is 0 Å². The quantitative estimate of drug-likeness (QED) is 0.722. The molecule has 1 aromatic carbocycles. The lowest BCUT2D eigenvalue weighted by molar-refractivity contribution is 0.365. The summed E-state index contributed by atoms with van der Waals surface area (Å²) in [5.74, 6) is 1.28. The average Bonchev–Trinajstić information content (AvgIpc) is 3.15. The van der Waals surface area contributed by atoms with Gasteiger partial charge in [0.05, 0.1) is 17.0 Å². The lowest BCUT2D eigenvalue weighted by atomic mass is 10.1. The summed E-state index contributed by atoms with van der Waals surface area (Å²) in [5.41, 5.74) is 8.37. The molecule has 0 saturated carbocycles. The Hall–Kier alpha value is -2.60. The third-order valence-corrected chi connectivity index (χ3v) is 3.60. The Bertz CT molecular complexity index is 826. The number of nitrogens with two attached hydrogens (primary N) is 1. The fourth-order valence-corrected chi connectivity index (χ4v) is 2.52. The number of fused-ring (bicyclic) bond motifs is 1. The van der Waals surface area contributed by atoms with Crippen molar-refractivity contribution in [2.24, 2.45) is 5.73 Å². The molecule has 2 aromatic heterocycles. The van der Waals surface area contributed by atoms with E-state index < -0.39 is 0 Å². The molecule has 0 spiro atoms. The van der Waals surface area contributed by atoms with Gasteiger partial charge in [-0.25, -0.2) is 0 Å². The van der Waals surface area contributed by atoms with Crippen LogP contribution < -0.4 is 5.73 Å². The van der Waals surface area contributed by atoms with Crippen molar-refractivity contribution < 1.29 is 4.52 Å². The molecule has 1 aliphatic carbocycles. The van der Waals surface area contributed by atoms with Crippen molar-refractivity contribution in [3.05, 3.63) is 48.6 Å². The van der Waals surface area contributed by atoms with Gasteiger partial charge in [0.15, 0.2) is 0 Å². The van der Waals surface area contributed by atoms with Gasteiger partial charge in [0.1, 0.15) is 0 Å². The van der Waals surface area contributed by atoms with Crippen LogP contribution in [0.25, 0.3) is 22.4 Å². The maximum Gasteiger partial charge on any atom is 0.233 e. The second-order valence-electron chi connectivity index (χ2n) is 5.11. The van der Waals surface area contributed by atoms with E-state index in [9.17, 15) is 0 Å². The highest BCUT2D eigenvalue weighted by molar-refractivity contribution is 5.79. The van der Waals surface area contributed by atoms with Crippen molar-refractivity contribution in [3.63, 3.8) is 0 Å². The van der Waals surface area contributed by atoms with Crippen molar-refractivity contribution in [2.75, 3.05) is 0 Å². The second-order valence-corrected chi connectivity index (χ2v) is 5.11. The molecule has 6 heteroatoms. The summed E-state index contributed by atoms with van der Waals surface area (Å²) < 4.78 is 5.36. The third kappa shape index (κ3) is 2.19. The maximum absolute atomic E-state index is 5.85. The van der Waals surface area contributed by atoms with Gasteiger partial charge < -0.3 is 10.3 Å². The summed E-state index contributed by atoms with van der Waals surface area (Å²) >= 11 is 0. The topological polar surface area (TPSA) is 90.7 Å². The highest BCUT2D eigenvalue weighted by atomic mass is 16.5. The minimum absolute atomic E-state index is 0.0706. The van der Waals surface area contributed by atoms with E-state index in [0.717, 1.165) is 23.0 Å². The fourth-order valence-electron chi connectivity index (χ4n) is 2.52. The monoisotopic (exact) mass is 279 g/mol. The first-order valence-corrected chi connectivity index (χ1v) is 6.78. The first-order valence-electron chi connectivity index (χ1n) is 6.78. The predicted molar refractivity (Wildman–Crippen MR) is 77.3 cm³/mol. The van der Waals surface area contributed by atoms with Crippen LogP contribution in [0.5, 0.6) is 0 Å². The number of allylic oxidation sites excluding steroid dienone is 1. The molecule has 4 rings (SSSR count). The van der Waals surface area contributed by atoms with Crippen LogP contribution >= 0.6 is 0 Å². The van der Waals surface area contributed by atoms with Gasteiger partial charge in [-0.1, -0.05) is 17.3 Å². The zero-order valence-electron chi connectivity index (χ0n) is 11.2. The highest BCUT2D eigenvalue weighted by Crippen LogP contribution is 2.28. The summed E-state index contributed by atoms with van der Waals surface area (Å²) in [6.45, 7) is 0. The zero-order valence-corrected chi connectivity index (χ0v) is 11.2. The molecular formula is C15H13N5O. The summed E-state index contributed by atoms with van der Waals surface area (Å²) in [6, 6.07) is 5.80. The largest absolute Gasteiger partial charge is 0.338 e. The van der Waals surface area contributed by atoms with Gasteiger partial charge in [-0.3, -0.25) is 9.97 Å². The van der Waals surface area contributed by atoms with Gasteiger partial charge in [-0.15, -0.1) is 0 Å². The molecule has 104 valence electrons. The molecular weight excluding hydrogens is 266 g/mol. The standard InChI is InChI=1S/C15H13N5O/c16-11-3-1-10(7-11)15-19-14(20-21-15)9-2-4-12-13(8-9)18-6-5-17-12/h1-6,8,10-11H,7,16H2. The molecule has 2 N–H and O–H groups in total. The van der Waals surface area contributed by atoms with Crippen molar-refractivity contribution in [2.45, 2.75) is 18.4 Å². The molecule has 0 saturated heterocycles. The normalized spacial score (nSPS) is 21.2. The number of nitrogens with zero attached hydrogens (tertiary/aromatic N) is 4. The van der Waals surface area contributed by atoms with Gasteiger partial charge in [0.2, 0.25) is 11.7 Å². The Kier molecular flexibility index (Phi) is 2.75. The van der Waals surface area contributed by atoms with Gasteiger partial charge in [-0.2, -0.15) is 4.98 Å². The van der Waals surface area contributed by atoms with E-state index in [2.05, 4.69) is 20.1 Å². The Morgan fingerprint density at radius 3 is 2.76 bits per heavy atom. The molecule has 1 aliphatic rings. The van der Waals surface area contributed by atoms with Crippen LogP contribution in [0.3, 0.4) is 0 Å². The van der Waals surface area contributed by atoms with Crippen molar-refractivity contribution in [1.82, 2.24) is 20.1 Å². The summed E-state index contributed by atoms with van der Waals surface area (Å²) in [4.78, 5) is 13.0. The molecule has 2 unspecified atom stereocenters. The van der Waals surface area contributed by atoms with E-state index in [4.69, 9.17) is 10.3 Å². The number of aromatic nitrogens is 4. The Morgan fingerprint density at radius 1 is 1.10 bits per heavy atom. The molecule has 3 aromatic rings. The zero-order chi connectivity index (χ0) is 14.2. The molecule has 0 radical (unpaired) electrons. The highest BCUT2D eigenvalue weighted by Gasteiger charge is 2.23. The SMILES string of the molecule is NC1C=CC(c2nc(-c3ccc4nccnc4c3)no2)C1. The number of hydrogen-bond acceptors (Lipinski definition) is 6. The van der Waals surface area contributed by atoms with Gasteiger partial charge in [-0.05, 0) is 24.6 Å². The van der Waals surface area contributed by atoms with Gasteiger partial charge in [0.25, 0.3) is 0 Å². The Labute approximate surface area is 120 Å². The van der Waals surface area contributed by atoms with E-state index in [-0.39, 0.29) is 12.0 Å². The van der Waals surface area contributed by atoms with Gasteiger partial charge in [0, 0.05) is 24.0 Å². The van der Waals surface area contributed by atoms with E-state index in [1.54, 1.807) is 12.4 Å². The van der Waals surface area contributed by atoms with Crippen LogP contribution in [-0.4, -0.2) is 26.2 Å². The smallest absolute Gasteiger partial charge is 0.233 e. The molecule has 0 aliphatic heterocycles. The number of benzene rings is 1. The van der Waals surface area contributed by atoms with Crippen LogP contribution in [-0.2, 0) is 0 Å². The second kappa shape index (κ2) is 4.75. The third-order valence-electron chi connectivity index (χ3n) is 3.60. The summed E-state index contributed by atoms with van der Waals surface area (Å²) in [5, 5.41) is 4.05. The van der Waals surface area contributed by atoms with Crippen molar-refractivity contribution >= 4 is 11.0 Å². The van der Waals surface area contributed by atoms with E-state index in [1.165, 1.54) is 0 Å². The van der Waals surface area contributed by atoms with Crippen molar-refractivity contribution in [1.29, 1.82) is 0 Å².